The molecule has 0 fully saturated rings. The zero-order valence-corrected chi connectivity index (χ0v) is 14.3. The van der Waals surface area contributed by atoms with E-state index in [1.165, 1.54) is 10.9 Å². The number of H-pyrrole nitrogens is 1. The summed E-state index contributed by atoms with van der Waals surface area (Å²) in [4.78, 5) is 15.8. The molecular weight excluding hydrogens is 316 g/mol. The Hall–Kier alpha value is -2.95. The van der Waals surface area contributed by atoms with Gasteiger partial charge >= 0.3 is 0 Å². The van der Waals surface area contributed by atoms with Crippen LogP contribution in [0.25, 0.3) is 10.9 Å². The SMILES string of the molecule is CC(C)(CNC(=O)c1ccc2c(c1)OCO2)c1c[nH]c2ccccc12. The molecule has 0 saturated heterocycles. The quantitative estimate of drug-likeness (QED) is 0.765. The molecule has 2 aromatic carbocycles. The van der Waals surface area contributed by atoms with Gasteiger partial charge in [-0.25, -0.2) is 0 Å². The lowest BCUT2D eigenvalue weighted by Crippen LogP contribution is -2.36. The Morgan fingerprint density at radius 3 is 2.84 bits per heavy atom. The van der Waals surface area contributed by atoms with Crippen LogP contribution in [0.4, 0.5) is 0 Å². The van der Waals surface area contributed by atoms with Crippen molar-refractivity contribution in [2.75, 3.05) is 13.3 Å². The summed E-state index contributed by atoms with van der Waals surface area (Å²) < 4.78 is 10.6. The molecule has 5 nitrogen and oxygen atoms in total. The van der Waals surface area contributed by atoms with Crippen LogP contribution in [-0.2, 0) is 5.41 Å². The number of carbonyl (C=O) groups is 1. The van der Waals surface area contributed by atoms with Gasteiger partial charge in [-0.05, 0) is 29.8 Å². The Morgan fingerprint density at radius 2 is 1.96 bits per heavy atom. The Balaban J connectivity index is 1.51. The minimum absolute atomic E-state index is 0.119. The molecular formula is C20H20N2O3. The summed E-state index contributed by atoms with van der Waals surface area (Å²) >= 11 is 0. The Kier molecular flexibility index (Phi) is 3.64. The van der Waals surface area contributed by atoms with E-state index in [0.29, 0.717) is 23.6 Å². The van der Waals surface area contributed by atoms with Crippen molar-refractivity contribution in [1.29, 1.82) is 0 Å². The molecule has 0 bridgehead atoms. The van der Waals surface area contributed by atoms with Gasteiger partial charge in [0.25, 0.3) is 5.91 Å². The number of fused-ring (bicyclic) bond motifs is 2. The van der Waals surface area contributed by atoms with Gasteiger partial charge in [0.05, 0.1) is 0 Å². The van der Waals surface area contributed by atoms with Gasteiger partial charge in [-0.1, -0.05) is 32.0 Å². The summed E-state index contributed by atoms with van der Waals surface area (Å²) in [6.07, 6.45) is 2.03. The average molecular weight is 336 g/mol. The normalized spacial score (nSPS) is 13.2. The van der Waals surface area contributed by atoms with Crippen molar-refractivity contribution in [2.45, 2.75) is 19.3 Å². The summed E-state index contributed by atoms with van der Waals surface area (Å²) in [7, 11) is 0. The van der Waals surface area contributed by atoms with E-state index in [-0.39, 0.29) is 18.1 Å². The average Bonchev–Trinajstić information content (AvgIpc) is 3.25. The number of hydrogen-bond acceptors (Lipinski definition) is 3. The van der Waals surface area contributed by atoms with Crippen LogP contribution in [0.5, 0.6) is 11.5 Å². The first-order chi connectivity index (χ1) is 12.0. The van der Waals surface area contributed by atoms with Gasteiger partial charge in [0, 0.05) is 34.6 Å². The molecule has 1 amide bonds. The highest BCUT2D eigenvalue weighted by atomic mass is 16.7. The number of rotatable bonds is 4. The molecule has 0 radical (unpaired) electrons. The molecule has 0 atom stereocenters. The van der Waals surface area contributed by atoms with Gasteiger partial charge in [-0.15, -0.1) is 0 Å². The van der Waals surface area contributed by atoms with Gasteiger partial charge in [-0.3, -0.25) is 4.79 Å². The van der Waals surface area contributed by atoms with Crippen LogP contribution in [-0.4, -0.2) is 24.2 Å². The number of carbonyl (C=O) groups excluding carboxylic acids is 1. The standard InChI is InChI=1S/C20H20N2O3/c1-20(2,15-10-21-16-6-4-3-5-14(15)16)11-22-19(23)13-7-8-17-18(9-13)25-12-24-17/h3-10,21H,11-12H2,1-2H3,(H,22,23). The highest BCUT2D eigenvalue weighted by Gasteiger charge is 2.25. The molecule has 0 saturated carbocycles. The van der Waals surface area contributed by atoms with E-state index in [4.69, 9.17) is 9.47 Å². The molecule has 1 aliphatic heterocycles. The molecule has 1 aromatic heterocycles. The Morgan fingerprint density at radius 1 is 1.16 bits per heavy atom. The third kappa shape index (κ3) is 2.82. The maximum Gasteiger partial charge on any atom is 0.251 e. The van der Waals surface area contributed by atoms with Crippen LogP contribution < -0.4 is 14.8 Å². The number of nitrogens with one attached hydrogen (secondary N) is 2. The molecule has 128 valence electrons. The topological polar surface area (TPSA) is 63.4 Å². The first-order valence-corrected chi connectivity index (χ1v) is 8.29. The summed E-state index contributed by atoms with van der Waals surface area (Å²) in [6.45, 7) is 4.99. The lowest BCUT2D eigenvalue weighted by Gasteiger charge is -2.25. The van der Waals surface area contributed by atoms with E-state index >= 15 is 0 Å². The minimum atomic E-state index is -0.203. The van der Waals surface area contributed by atoms with Crippen molar-refractivity contribution >= 4 is 16.8 Å². The third-order valence-electron chi connectivity index (χ3n) is 4.64. The predicted molar refractivity (Wildman–Crippen MR) is 96.2 cm³/mol. The second-order valence-electron chi connectivity index (χ2n) is 6.88. The van der Waals surface area contributed by atoms with Crippen LogP contribution in [0.1, 0.15) is 29.8 Å². The summed E-state index contributed by atoms with van der Waals surface area (Å²) in [6, 6.07) is 13.4. The number of benzene rings is 2. The number of ether oxygens (including phenoxy) is 2. The van der Waals surface area contributed by atoms with Crippen molar-refractivity contribution in [3.63, 3.8) is 0 Å². The fourth-order valence-electron chi connectivity index (χ4n) is 3.17. The highest BCUT2D eigenvalue weighted by Crippen LogP contribution is 2.33. The van der Waals surface area contributed by atoms with Crippen molar-refractivity contribution < 1.29 is 14.3 Å². The number of amides is 1. The van der Waals surface area contributed by atoms with Crippen LogP contribution in [0.2, 0.25) is 0 Å². The molecule has 4 rings (SSSR count). The van der Waals surface area contributed by atoms with Gasteiger partial charge in [0.15, 0.2) is 11.5 Å². The minimum Gasteiger partial charge on any atom is -0.454 e. The van der Waals surface area contributed by atoms with Gasteiger partial charge in [0.1, 0.15) is 0 Å². The fraction of sp³-hybridized carbons (Fsp3) is 0.250. The van der Waals surface area contributed by atoms with Crippen molar-refractivity contribution in [2.24, 2.45) is 0 Å². The first kappa shape index (κ1) is 15.6. The van der Waals surface area contributed by atoms with E-state index in [9.17, 15) is 4.79 Å². The molecule has 0 aliphatic carbocycles. The summed E-state index contributed by atoms with van der Waals surface area (Å²) in [5.41, 5.74) is 2.66. The molecule has 2 N–H and O–H groups in total. The second kappa shape index (κ2) is 5.84. The zero-order chi connectivity index (χ0) is 17.4. The summed E-state index contributed by atoms with van der Waals surface area (Å²) in [5, 5.41) is 4.22. The molecule has 5 heteroatoms. The lowest BCUT2D eigenvalue weighted by atomic mass is 9.84. The largest absolute Gasteiger partial charge is 0.454 e. The predicted octanol–water partition coefficient (Wildman–Crippen LogP) is 3.60. The first-order valence-electron chi connectivity index (χ1n) is 8.29. The summed E-state index contributed by atoms with van der Waals surface area (Å²) in [5.74, 6) is 1.17. The Labute approximate surface area is 146 Å². The van der Waals surface area contributed by atoms with Crippen LogP contribution >= 0.6 is 0 Å². The maximum absolute atomic E-state index is 12.5. The fourth-order valence-corrected chi connectivity index (χ4v) is 3.17. The van der Waals surface area contributed by atoms with E-state index in [2.05, 4.69) is 36.3 Å². The van der Waals surface area contributed by atoms with Gasteiger partial charge in [-0.2, -0.15) is 0 Å². The molecule has 1 aliphatic rings. The molecule has 2 heterocycles. The monoisotopic (exact) mass is 336 g/mol. The van der Waals surface area contributed by atoms with E-state index < -0.39 is 0 Å². The van der Waals surface area contributed by atoms with E-state index in [1.807, 2.05) is 18.3 Å². The molecule has 0 spiro atoms. The smallest absolute Gasteiger partial charge is 0.251 e. The van der Waals surface area contributed by atoms with Crippen LogP contribution in [0.15, 0.2) is 48.7 Å². The van der Waals surface area contributed by atoms with Crippen molar-refractivity contribution in [1.82, 2.24) is 10.3 Å². The second-order valence-corrected chi connectivity index (χ2v) is 6.88. The third-order valence-corrected chi connectivity index (χ3v) is 4.64. The number of hydrogen-bond donors (Lipinski definition) is 2. The van der Waals surface area contributed by atoms with Crippen LogP contribution in [0.3, 0.4) is 0 Å². The highest BCUT2D eigenvalue weighted by molar-refractivity contribution is 5.95. The van der Waals surface area contributed by atoms with Gasteiger partial charge < -0.3 is 19.8 Å². The van der Waals surface area contributed by atoms with Crippen LogP contribution in [0, 0.1) is 0 Å². The van der Waals surface area contributed by atoms with Crippen molar-refractivity contribution in [3.05, 3.63) is 59.8 Å². The Bertz CT molecular complexity index is 943. The van der Waals surface area contributed by atoms with Gasteiger partial charge in [0.2, 0.25) is 6.79 Å². The van der Waals surface area contributed by atoms with Crippen molar-refractivity contribution in [3.8, 4) is 11.5 Å². The number of para-hydroxylation sites is 1. The zero-order valence-electron chi connectivity index (χ0n) is 14.3. The molecule has 25 heavy (non-hydrogen) atoms. The molecule has 0 unspecified atom stereocenters. The number of aromatic amines is 1. The maximum atomic E-state index is 12.5. The lowest BCUT2D eigenvalue weighted by molar-refractivity contribution is 0.0945. The molecule has 3 aromatic rings. The van der Waals surface area contributed by atoms with E-state index in [0.717, 1.165) is 5.52 Å². The van der Waals surface area contributed by atoms with E-state index in [1.54, 1.807) is 18.2 Å². The number of aromatic nitrogens is 1.